The van der Waals surface area contributed by atoms with Crippen molar-refractivity contribution < 1.29 is 27.1 Å². The summed E-state index contributed by atoms with van der Waals surface area (Å²) in [6.07, 6.45) is 0. The van der Waals surface area contributed by atoms with Gasteiger partial charge in [-0.2, -0.15) is 0 Å². The minimum absolute atomic E-state index is 0.0112. The van der Waals surface area contributed by atoms with Crippen LogP contribution < -0.4 is 9.46 Å². The van der Waals surface area contributed by atoms with Crippen molar-refractivity contribution in [2.45, 2.75) is 11.5 Å². The summed E-state index contributed by atoms with van der Waals surface area (Å²) < 4.78 is 43.8. The average Bonchev–Trinajstić information content (AvgIpc) is 3.32. The first-order chi connectivity index (χ1) is 16.4. The maximum atomic E-state index is 12.8. The molecule has 0 atom stereocenters. The van der Waals surface area contributed by atoms with Crippen LogP contribution in [0.15, 0.2) is 82.1 Å². The number of ether oxygens (including phenoxy) is 2. The van der Waals surface area contributed by atoms with E-state index in [9.17, 15) is 13.2 Å². The molecule has 0 fully saturated rings. The number of rotatable bonds is 8. The van der Waals surface area contributed by atoms with Gasteiger partial charge < -0.3 is 13.9 Å². The van der Waals surface area contributed by atoms with Crippen LogP contribution in [0.25, 0.3) is 11.5 Å². The molecule has 0 aliphatic carbocycles. The van der Waals surface area contributed by atoms with Crippen molar-refractivity contribution in [2.24, 2.45) is 0 Å². The first-order valence-corrected chi connectivity index (χ1v) is 11.7. The molecule has 1 aromatic heterocycles. The molecule has 0 aliphatic rings. The number of nitrogens with one attached hydrogen (secondary N) is 1. The van der Waals surface area contributed by atoms with Crippen LogP contribution in [-0.2, 0) is 21.4 Å². The van der Waals surface area contributed by atoms with E-state index in [1.54, 1.807) is 36.4 Å². The van der Waals surface area contributed by atoms with Crippen LogP contribution in [0.2, 0.25) is 5.02 Å². The predicted molar refractivity (Wildman–Crippen MR) is 124 cm³/mol. The Morgan fingerprint density at radius 1 is 1.00 bits per heavy atom. The number of benzene rings is 3. The van der Waals surface area contributed by atoms with Gasteiger partial charge in [0.2, 0.25) is 5.89 Å². The molecule has 0 spiro atoms. The number of carbonyl (C=O) groups excluding carboxylic acids is 1. The Morgan fingerprint density at radius 3 is 2.41 bits per heavy atom. The van der Waals surface area contributed by atoms with E-state index < -0.39 is 16.0 Å². The molecule has 3 aromatic carbocycles. The summed E-state index contributed by atoms with van der Waals surface area (Å²) in [5, 5.41) is 8.36. The van der Waals surface area contributed by atoms with Crippen molar-refractivity contribution in [2.75, 3.05) is 11.8 Å². The molecule has 0 amide bonds. The zero-order valence-corrected chi connectivity index (χ0v) is 19.3. The fraction of sp³-hybridized carbons (Fsp3) is 0.0870. The summed E-state index contributed by atoms with van der Waals surface area (Å²) >= 11 is 5.88. The van der Waals surface area contributed by atoms with Gasteiger partial charge in [0.05, 0.1) is 23.3 Å². The zero-order chi connectivity index (χ0) is 24.1. The molecule has 0 aliphatic heterocycles. The van der Waals surface area contributed by atoms with Gasteiger partial charge in [-0.15, -0.1) is 10.2 Å². The Kier molecular flexibility index (Phi) is 6.80. The summed E-state index contributed by atoms with van der Waals surface area (Å²) in [4.78, 5) is 12.7. The van der Waals surface area contributed by atoms with Gasteiger partial charge in [0.15, 0.2) is 6.61 Å². The molecule has 0 saturated carbocycles. The maximum absolute atomic E-state index is 12.8. The molecule has 34 heavy (non-hydrogen) atoms. The van der Waals surface area contributed by atoms with Gasteiger partial charge >= 0.3 is 5.97 Å². The van der Waals surface area contributed by atoms with Crippen molar-refractivity contribution in [3.05, 3.63) is 89.3 Å². The molecule has 1 heterocycles. The number of aromatic nitrogens is 2. The van der Waals surface area contributed by atoms with Crippen molar-refractivity contribution in [1.82, 2.24) is 10.2 Å². The van der Waals surface area contributed by atoms with Crippen LogP contribution in [0, 0.1) is 0 Å². The van der Waals surface area contributed by atoms with Crippen molar-refractivity contribution in [3.63, 3.8) is 0 Å². The van der Waals surface area contributed by atoms with Crippen LogP contribution in [-0.4, -0.2) is 31.7 Å². The van der Waals surface area contributed by atoms with Gasteiger partial charge in [-0.1, -0.05) is 23.7 Å². The Hall–Kier alpha value is -3.89. The van der Waals surface area contributed by atoms with E-state index in [1.807, 2.05) is 0 Å². The second-order valence-electron chi connectivity index (χ2n) is 6.91. The highest BCUT2D eigenvalue weighted by Gasteiger charge is 2.20. The Morgan fingerprint density at radius 2 is 1.71 bits per heavy atom. The van der Waals surface area contributed by atoms with Crippen molar-refractivity contribution in [3.8, 4) is 17.2 Å². The lowest BCUT2D eigenvalue weighted by Crippen LogP contribution is -2.16. The SMILES string of the molecule is COc1ccc(S(=O)(=O)Nc2ccccc2C(=O)OCc2nnc(-c3ccc(Cl)cc3)o2)cc1. The number of para-hydroxylation sites is 1. The molecule has 0 radical (unpaired) electrons. The lowest BCUT2D eigenvalue weighted by Gasteiger charge is -2.12. The molecule has 0 saturated heterocycles. The Labute approximate surface area is 200 Å². The smallest absolute Gasteiger partial charge is 0.340 e. The number of sulfonamides is 1. The topological polar surface area (TPSA) is 121 Å². The fourth-order valence-corrected chi connectivity index (χ4v) is 4.14. The minimum Gasteiger partial charge on any atom is -0.497 e. The van der Waals surface area contributed by atoms with Gasteiger partial charge in [0.25, 0.3) is 15.9 Å². The van der Waals surface area contributed by atoms with Gasteiger partial charge in [-0.25, -0.2) is 13.2 Å². The third-order valence-corrected chi connectivity index (χ3v) is 6.28. The van der Waals surface area contributed by atoms with E-state index >= 15 is 0 Å². The molecule has 4 rings (SSSR count). The fourth-order valence-electron chi connectivity index (χ4n) is 2.93. The third kappa shape index (κ3) is 5.36. The summed E-state index contributed by atoms with van der Waals surface area (Å²) in [7, 11) is -2.47. The second-order valence-corrected chi connectivity index (χ2v) is 9.03. The first kappa shape index (κ1) is 23.3. The number of hydrogen-bond acceptors (Lipinski definition) is 8. The minimum atomic E-state index is -3.96. The predicted octanol–water partition coefficient (Wildman–Crippen LogP) is 4.56. The molecule has 0 bridgehead atoms. The molecule has 0 unspecified atom stereocenters. The van der Waals surface area contributed by atoms with Crippen molar-refractivity contribution in [1.29, 1.82) is 0 Å². The van der Waals surface area contributed by atoms with Gasteiger partial charge in [0, 0.05) is 10.6 Å². The molecule has 174 valence electrons. The quantitative estimate of drug-likeness (QED) is 0.350. The highest BCUT2D eigenvalue weighted by molar-refractivity contribution is 7.92. The monoisotopic (exact) mass is 499 g/mol. The number of anilines is 1. The standard InChI is InChI=1S/C23H18ClN3O6S/c1-31-17-10-12-18(13-11-17)34(29,30)27-20-5-3-2-4-19(20)23(28)32-14-21-25-26-22(33-21)15-6-8-16(24)9-7-15/h2-13,27H,14H2,1H3. The zero-order valence-electron chi connectivity index (χ0n) is 17.8. The molecule has 1 N–H and O–H groups in total. The van der Waals surface area contributed by atoms with Crippen LogP contribution in [0.3, 0.4) is 0 Å². The number of methoxy groups -OCH3 is 1. The van der Waals surface area contributed by atoms with Crippen LogP contribution >= 0.6 is 11.6 Å². The molecule has 9 nitrogen and oxygen atoms in total. The highest BCUT2D eigenvalue weighted by atomic mass is 35.5. The normalized spacial score (nSPS) is 11.1. The first-order valence-electron chi connectivity index (χ1n) is 9.87. The summed E-state index contributed by atoms with van der Waals surface area (Å²) in [5.41, 5.74) is 0.750. The average molecular weight is 500 g/mol. The van der Waals surface area contributed by atoms with Gasteiger partial charge in [-0.3, -0.25) is 4.72 Å². The van der Waals surface area contributed by atoms with E-state index in [4.69, 9.17) is 25.5 Å². The molecule has 11 heteroatoms. The largest absolute Gasteiger partial charge is 0.497 e. The van der Waals surface area contributed by atoms with E-state index in [-0.39, 0.29) is 34.5 Å². The van der Waals surface area contributed by atoms with E-state index in [0.29, 0.717) is 16.3 Å². The summed E-state index contributed by atoms with van der Waals surface area (Å²) in [6, 6.07) is 18.8. The number of nitrogens with zero attached hydrogens (tertiary/aromatic N) is 2. The van der Waals surface area contributed by atoms with E-state index in [2.05, 4.69) is 14.9 Å². The lowest BCUT2D eigenvalue weighted by molar-refractivity contribution is 0.0440. The summed E-state index contributed by atoms with van der Waals surface area (Å²) in [5.74, 6) is 0.0763. The Balaban J connectivity index is 1.46. The number of halogens is 1. The van der Waals surface area contributed by atoms with Gasteiger partial charge in [0.1, 0.15) is 5.75 Å². The molecular formula is C23H18ClN3O6S. The maximum Gasteiger partial charge on any atom is 0.340 e. The highest BCUT2D eigenvalue weighted by Crippen LogP contribution is 2.24. The van der Waals surface area contributed by atoms with Crippen molar-refractivity contribution >= 4 is 33.3 Å². The molecular weight excluding hydrogens is 482 g/mol. The number of esters is 1. The van der Waals surface area contributed by atoms with Crippen LogP contribution in [0.4, 0.5) is 5.69 Å². The second kappa shape index (κ2) is 9.94. The van der Waals surface area contributed by atoms with Gasteiger partial charge in [-0.05, 0) is 60.7 Å². The third-order valence-electron chi connectivity index (χ3n) is 4.65. The lowest BCUT2D eigenvalue weighted by atomic mass is 10.2. The number of hydrogen-bond donors (Lipinski definition) is 1. The van der Waals surface area contributed by atoms with Crippen LogP contribution in [0.1, 0.15) is 16.2 Å². The Bertz CT molecular complexity index is 1400. The van der Waals surface area contributed by atoms with Crippen LogP contribution in [0.5, 0.6) is 5.75 Å². The number of carbonyl (C=O) groups is 1. The van der Waals surface area contributed by atoms with E-state index in [1.165, 1.54) is 43.5 Å². The molecule has 4 aromatic rings. The summed E-state index contributed by atoms with van der Waals surface area (Å²) in [6.45, 7) is -0.293. The van der Waals surface area contributed by atoms with E-state index in [0.717, 1.165) is 0 Å².